The van der Waals surface area contributed by atoms with Gasteiger partial charge in [0.2, 0.25) is 0 Å². The van der Waals surface area contributed by atoms with Crippen molar-refractivity contribution in [2.75, 3.05) is 11.9 Å². The maximum absolute atomic E-state index is 4.15. The Hall–Kier alpha value is -1.77. The van der Waals surface area contributed by atoms with Crippen molar-refractivity contribution in [3.05, 3.63) is 42.0 Å². The summed E-state index contributed by atoms with van der Waals surface area (Å²) in [7, 11) is 0. The standard InChI is InChI=1S/C13H15N3/c1-10-8-14-9-16(10)12-5-4-11-3-2-6-15-13(11)7-12/h4-5,7-9,15H,2-3,6H2,1H3. The third-order valence-corrected chi connectivity index (χ3v) is 3.13. The van der Waals surface area contributed by atoms with E-state index < -0.39 is 0 Å². The molecule has 1 aliphatic heterocycles. The van der Waals surface area contributed by atoms with Gasteiger partial charge >= 0.3 is 0 Å². The Bertz CT molecular complexity index is 514. The Kier molecular flexibility index (Phi) is 2.17. The van der Waals surface area contributed by atoms with Crippen LogP contribution in [0.5, 0.6) is 0 Å². The molecule has 3 heteroatoms. The van der Waals surface area contributed by atoms with Crippen LogP contribution >= 0.6 is 0 Å². The lowest BCUT2D eigenvalue weighted by Gasteiger charge is -2.19. The SMILES string of the molecule is Cc1cncn1-c1ccc2c(c1)NCCC2. The van der Waals surface area contributed by atoms with Gasteiger partial charge in [0.25, 0.3) is 0 Å². The average molecular weight is 213 g/mol. The van der Waals surface area contributed by atoms with Crippen LogP contribution in [0, 0.1) is 6.92 Å². The number of fused-ring (bicyclic) bond motifs is 1. The van der Waals surface area contributed by atoms with E-state index in [4.69, 9.17) is 0 Å². The molecule has 2 aromatic rings. The summed E-state index contributed by atoms with van der Waals surface area (Å²) in [6.07, 6.45) is 6.16. The lowest BCUT2D eigenvalue weighted by atomic mass is 10.0. The number of rotatable bonds is 1. The van der Waals surface area contributed by atoms with Crippen LogP contribution in [0.3, 0.4) is 0 Å². The van der Waals surface area contributed by atoms with Crippen LogP contribution in [0.15, 0.2) is 30.7 Å². The highest BCUT2D eigenvalue weighted by Crippen LogP contribution is 2.25. The second-order valence-corrected chi connectivity index (χ2v) is 4.28. The number of imidazole rings is 1. The number of nitrogens with zero attached hydrogens (tertiary/aromatic N) is 2. The molecule has 1 aromatic carbocycles. The number of hydrogen-bond donors (Lipinski definition) is 1. The van der Waals surface area contributed by atoms with E-state index >= 15 is 0 Å². The third kappa shape index (κ3) is 1.48. The normalized spacial score (nSPS) is 14.3. The van der Waals surface area contributed by atoms with Crippen molar-refractivity contribution >= 4 is 5.69 Å². The van der Waals surface area contributed by atoms with Gasteiger partial charge in [-0.15, -0.1) is 0 Å². The summed E-state index contributed by atoms with van der Waals surface area (Å²) in [5.41, 5.74) is 5.04. The van der Waals surface area contributed by atoms with E-state index in [1.54, 1.807) is 0 Å². The van der Waals surface area contributed by atoms with Gasteiger partial charge in [0, 0.05) is 29.8 Å². The third-order valence-electron chi connectivity index (χ3n) is 3.13. The van der Waals surface area contributed by atoms with Gasteiger partial charge in [-0.1, -0.05) is 6.07 Å². The number of nitrogens with one attached hydrogen (secondary N) is 1. The molecule has 1 aromatic heterocycles. The molecule has 0 unspecified atom stereocenters. The highest BCUT2D eigenvalue weighted by Gasteiger charge is 2.09. The number of hydrogen-bond acceptors (Lipinski definition) is 2. The second-order valence-electron chi connectivity index (χ2n) is 4.28. The minimum absolute atomic E-state index is 1.08. The smallest absolute Gasteiger partial charge is 0.0994 e. The molecular formula is C13H15N3. The van der Waals surface area contributed by atoms with Gasteiger partial charge in [-0.05, 0) is 37.5 Å². The van der Waals surface area contributed by atoms with Gasteiger partial charge in [-0.2, -0.15) is 0 Å². The summed E-state index contributed by atoms with van der Waals surface area (Å²) in [4.78, 5) is 4.15. The van der Waals surface area contributed by atoms with Crippen LogP contribution in [-0.2, 0) is 6.42 Å². The van der Waals surface area contributed by atoms with E-state index in [2.05, 4.69) is 40.0 Å². The predicted octanol–water partition coefficient (Wildman–Crippen LogP) is 2.54. The van der Waals surface area contributed by atoms with E-state index in [1.807, 2.05) is 12.5 Å². The van der Waals surface area contributed by atoms with Crippen LogP contribution in [0.1, 0.15) is 17.7 Å². The van der Waals surface area contributed by atoms with Crippen LogP contribution in [0.4, 0.5) is 5.69 Å². The Morgan fingerprint density at radius 2 is 2.31 bits per heavy atom. The number of aromatic nitrogens is 2. The zero-order valence-electron chi connectivity index (χ0n) is 9.40. The van der Waals surface area contributed by atoms with E-state index in [9.17, 15) is 0 Å². The molecule has 82 valence electrons. The summed E-state index contributed by atoms with van der Waals surface area (Å²) >= 11 is 0. The highest BCUT2D eigenvalue weighted by atomic mass is 15.0. The number of anilines is 1. The van der Waals surface area contributed by atoms with Crippen molar-refractivity contribution in [2.45, 2.75) is 19.8 Å². The number of aryl methyl sites for hydroxylation is 2. The summed E-state index contributed by atoms with van der Waals surface area (Å²) < 4.78 is 2.11. The Morgan fingerprint density at radius 1 is 1.38 bits per heavy atom. The molecule has 2 heterocycles. The molecule has 16 heavy (non-hydrogen) atoms. The largest absolute Gasteiger partial charge is 0.385 e. The topological polar surface area (TPSA) is 29.9 Å². The van der Waals surface area contributed by atoms with Gasteiger partial charge < -0.3 is 9.88 Å². The molecule has 3 nitrogen and oxygen atoms in total. The van der Waals surface area contributed by atoms with E-state index in [0.29, 0.717) is 0 Å². The van der Waals surface area contributed by atoms with Crippen molar-refractivity contribution in [1.29, 1.82) is 0 Å². The zero-order valence-corrected chi connectivity index (χ0v) is 9.40. The van der Waals surface area contributed by atoms with Crippen LogP contribution in [0.25, 0.3) is 5.69 Å². The highest BCUT2D eigenvalue weighted by molar-refractivity contribution is 5.58. The number of benzene rings is 1. The summed E-state index contributed by atoms with van der Waals surface area (Å²) in [6.45, 7) is 3.15. The fourth-order valence-electron chi connectivity index (χ4n) is 2.23. The molecule has 1 aliphatic rings. The van der Waals surface area contributed by atoms with Crippen molar-refractivity contribution < 1.29 is 0 Å². The van der Waals surface area contributed by atoms with E-state index in [1.165, 1.54) is 29.8 Å². The molecular weight excluding hydrogens is 198 g/mol. The van der Waals surface area contributed by atoms with Crippen molar-refractivity contribution in [3.8, 4) is 5.69 Å². The van der Waals surface area contributed by atoms with Gasteiger partial charge in [-0.25, -0.2) is 4.98 Å². The minimum atomic E-state index is 1.08. The maximum atomic E-state index is 4.15. The first-order chi connectivity index (χ1) is 7.84. The van der Waals surface area contributed by atoms with Gasteiger partial charge in [0.1, 0.15) is 0 Å². The van der Waals surface area contributed by atoms with Crippen molar-refractivity contribution in [3.63, 3.8) is 0 Å². The molecule has 0 aliphatic carbocycles. The van der Waals surface area contributed by atoms with Crippen molar-refractivity contribution in [2.24, 2.45) is 0 Å². The Labute approximate surface area is 95.1 Å². The van der Waals surface area contributed by atoms with Gasteiger partial charge in [-0.3, -0.25) is 0 Å². The molecule has 0 fully saturated rings. The molecule has 1 N–H and O–H groups in total. The summed E-state index contributed by atoms with van der Waals surface area (Å²) in [5.74, 6) is 0. The van der Waals surface area contributed by atoms with E-state index in [-0.39, 0.29) is 0 Å². The first-order valence-corrected chi connectivity index (χ1v) is 5.71. The van der Waals surface area contributed by atoms with Crippen LogP contribution in [-0.4, -0.2) is 16.1 Å². The fraction of sp³-hybridized carbons (Fsp3) is 0.308. The Morgan fingerprint density at radius 3 is 3.12 bits per heavy atom. The molecule has 0 saturated carbocycles. The maximum Gasteiger partial charge on any atom is 0.0994 e. The second kappa shape index (κ2) is 3.67. The first-order valence-electron chi connectivity index (χ1n) is 5.71. The average Bonchev–Trinajstić information content (AvgIpc) is 2.75. The minimum Gasteiger partial charge on any atom is -0.385 e. The van der Waals surface area contributed by atoms with Crippen LogP contribution in [0.2, 0.25) is 0 Å². The lowest BCUT2D eigenvalue weighted by Crippen LogP contribution is -2.12. The molecule has 3 rings (SSSR count). The summed E-state index contributed by atoms with van der Waals surface area (Å²) in [6, 6.07) is 6.60. The summed E-state index contributed by atoms with van der Waals surface area (Å²) in [5, 5.41) is 3.45. The van der Waals surface area contributed by atoms with E-state index in [0.717, 1.165) is 12.2 Å². The monoisotopic (exact) mass is 213 g/mol. The quantitative estimate of drug-likeness (QED) is 0.789. The predicted molar refractivity (Wildman–Crippen MR) is 65.1 cm³/mol. The molecule has 0 atom stereocenters. The van der Waals surface area contributed by atoms with Crippen molar-refractivity contribution in [1.82, 2.24) is 9.55 Å². The lowest BCUT2D eigenvalue weighted by molar-refractivity contribution is 0.828. The molecule has 0 saturated heterocycles. The first kappa shape index (κ1) is 9.46. The van der Waals surface area contributed by atoms with Gasteiger partial charge in [0.15, 0.2) is 0 Å². The fourth-order valence-corrected chi connectivity index (χ4v) is 2.23. The molecule has 0 radical (unpaired) electrons. The molecule has 0 bridgehead atoms. The zero-order chi connectivity index (χ0) is 11.0. The Balaban J connectivity index is 2.06. The molecule has 0 amide bonds. The van der Waals surface area contributed by atoms with Gasteiger partial charge in [0.05, 0.1) is 6.33 Å². The molecule has 0 spiro atoms. The van der Waals surface area contributed by atoms with Crippen LogP contribution < -0.4 is 5.32 Å².